The van der Waals surface area contributed by atoms with Gasteiger partial charge in [0.15, 0.2) is 16.7 Å². The van der Waals surface area contributed by atoms with Crippen LogP contribution in [0.25, 0.3) is 11.6 Å². The maximum Gasteiger partial charge on any atom is 0.237 e. The molecule has 1 amide bonds. The zero-order valence-corrected chi connectivity index (χ0v) is 14.9. The van der Waals surface area contributed by atoms with E-state index in [2.05, 4.69) is 16.3 Å². The molecule has 0 saturated heterocycles. The van der Waals surface area contributed by atoms with E-state index in [1.54, 1.807) is 6.26 Å². The van der Waals surface area contributed by atoms with E-state index in [0.717, 1.165) is 12.8 Å². The van der Waals surface area contributed by atoms with Crippen LogP contribution in [0, 0.1) is 0 Å². The Balaban J connectivity index is 1.65. The summed E-state index contributed by atoms with van der Waals surface area (Å²) in [6, 6.07) is 3.66. The van der Waals surface area contributed by atoms with Gasteiger partial charge in [0.05, 0.1) is 12.0 Å². The van der Waals surface area contributed by atoms with Crippen molar-refractivity contribution in [2.24, 2.45) is 7.05 Å². The van der Waals surface area contributed by atoms with Gasteiger partial charge in [-0.2, -0.15) is 0 Å². The molecule has 0 atom stereocenters. The van der Waals surface area contributed by atoms with Crippen molar-refractivity contribution in [3.8, 4) is 11.6 Å². The number of rotatable bonds is 6. The van der Waals surface area contributed by atoms with E-state index in [-0.39, 0.29) is 5.91 Å². The highest BCUT2D eigenvalue weighted by molar-refractivity contribution is 7.99. The lowest BCUT2D eigenvalue weighted by atomic mass is 10.0. The van der Waals surface area contributed by atoms with Crippen molar-refractivity contribution in [3.63, 3.8) is 0 Å². The standard InChI is InChI=1S/C17H22N4O2S/c1-3-21(13-8-5-4-6-9-13)15(22)12-24-17-19-18-16(20(17)2)14-10-7-11-23-14/h7-8,10-11H,3-6,9,12H2,1-2H3. The Bertz CT molecular complexity index is 721. The number of furan rings is 1. The molecule has 0 unspecified atom stereocenters. The summed E-state index contributed by atoms with van der Waals surface area (Å²) in [6.45, 7) is 2.73. The van der Waals surface area contributed by atoms with Crippen LogP contribution in [0.1, 0.15) is 32.6 Å². The van der Waals surface area contributed by atoms with Gasteiger partial charge >= 0.3 is 0 Å². The summed E-state index contributed by atoms with van der Waals surface area (Å²) in [5.41, 5.74) is 1.17. The molecule has 3 rings (SSSR count). The van der Waals surface area contributed by atoms with E-state index in [4.69, 9.17) is 4.42 Å². The van der Waals surface area contributed by atoms with Crippen molar-refractivity contribution < 1.29 is 9.21 Å². The summed E-state index contributed by atoms with van der Waals surface area (Å²) in [4.78, 5) is 14.5. The van der Waals surface area contributed by atoms with Crippen LogP contribution in [-0.4, -0.2) is 37.9 Å². The molecule has 6 nitrogen and oxygen atoms in total. The number of thioether (sulfide) groups is 1. The van der Waals surface area contributed by atoms with Gasteiger partial charge in [-0.3, -0.25) is 4.79 Å². The smallest absolute Gasteiger partial charge is 0.237 e. The highest BCUT2D eigenvalue weighted by Gasteiger charge is 2.20. The van der Waals surface area contributed by atoms with Crippen LogP contribution in [0.15, 0.2) is 39.7 Å². The molecule has 0 aliphatic heterocycles. The predicted octanol–water partition coefficient (Wildman–Crippen LogP) is 3.47. The van der Waals surface area contributed by atoms with Crippen LogP contribution < -0.4 is 0 Å². The Morgan fingerprint density at radius 1 is 1.42 bits per heavy atom. The van der Waals surface area contributed by atoms with E-state index in [1.165, 1.54) is 30.3 Å². The minimum Gasteiger partial charge on any atom is -0.461 e. The summed E-state index contributed by atoms with van der Waals surface area (Å²) in [5, 5.41) is 9.04. The van der Waals surface area contributed by atoms with Gasteiger partial charge in [-0.05, 0) is 44.7 Å². The van der Waals surface area contributed by atoms with Gasteiger partial charge in [-0.25, -0.2) is 0 Å². The maximum atomic E-state index is 12.6. The minimum absolute atomic E-state index is 0.123. The van der Waals surface area contributed by atoms with Crippen LogP contribution in [0.3, 0.4) is 0 Å². The fourth-order valence-corrected chi connectivity index (χ4v) is 3.66. The number of hydrogen-bond acceptors (Lipinski definition) is 5. The number of hydrogen-bond donors (Lipinski definition) is 0. The summed E-state index contributed by atoms with van der Waals surface area (Å²) >= 11 is 1.41. The molecular weight excluding hydrogens is 324 g/mol. The van der Waals surface area contributed by atoms with Crippen LogP contribution in [0.4, 0.5) is 0 Å². The maximum absolute atomic E-state index is 12.6. The first-order valence-corrected chi connectivity index (χ1v) is 9.24. The van der Waals surface area contributed by atoms with E-state index < -0.39 is 0 Å². The summed E-state index contributed by atoms with van der Waals surface area (Å²) < 4.78 is 7.21. The lowest BCUT2D eigenvalue weighted by Crippen LogP contribution is -2.32. The zero-order chi connectivity index (χ0) is 16.9. The van der Waals surface area contributed by atoms with Crippen LogP contribution >= 0.6 is 11.8 Å². The van der Waals surface area contributed by atoms with Gasteiger partial charge in [-0.15, -0.1) is 10.2 Å². The largest absolute Gasteiger partial charge is 0.461 e. The number of amides is 1. The lowest BCUT2D eigenvalue weighted by Gasteiger charge is -2.26. The average molecular weight is 346 g/mol. The fraction of sp³-hybridized carbons (Fsp3) is 0.471. The first-order chi connectivity index (χ1) is 11.7. The first kappa shape index (κ1) is 16.8. The van der Waals surface area contributed by atoms with Gasteiger partial charge in [0.2, 0.25) is 5.91 Å². The zero-order valence-electron chi connectivity index (χ0n) is 14.1. The molecule has 0 bridgehead atoms. The van der Waals surface area contributed by atoms with Gasteiger partial charge in [0, 0.05) is 19.3 Å². The third kappa shape index (κ3) is 3.56. The molecule has 2 aromatic rings. The summed E-state index contributed by atoms with van der Waals surface area (Å²) in [7, 11) is 1.88. The molecule has 1 aliphatic rings. The van der Waals surface area contributed by atoms with Gasteiger partial charge in [0.25, 0.3) is 0 Å². The molecule has 0 spiro atoms. The molecule has 128 valence electrons. The van der Waals surface area contributed by atoms with Gasteiger partial charge in [0.1, 0.15) is 0 Å². The second-order valence-corrected chi connectivity index (χ2v) is 6.65. The number of carbonyl (C=O) groups excluding carboxylic acids is 1. The molecule has 24 heavy (non-hydrogen) atoms. The van der Waals surface area contributed by atoms with Crippen molar-refractivity contribution in [1.29, 1.82) is 0 Å². The SMILES string of the molecule is CCN(C(=O)CSc1nnc(-c2ccco2)n1C)C1=CCCCC1. The molecule has 0 fully saturated rings. The van der Waals surface area contributed by atoms with Gasteiger partial charge in [-0.1, -0.05) is 17.8 Å². The third-order valence-electron chi connectivity index (χ3n) is 4.13. The molecule has 7 heteroatoms. The van der Waals surface area contributed by atoms with Crippen molar-refractivity contribution in [3.05, 3.63) is 30.2 Å². The van der Waals surface area contributed by atoms with Gasteiger partial charge < -0.3 is 13.9 Å². The Morgan fingerprint density at radius 2 is 2.29 bits per heavy atom. The monoisotopic (exact) mass is 346 g/mol. The fourth-order valence-electron chi connectivity index (χ4n) is 2.87. The topological polar surface area (TPSA) is 64.2 Å². The number of aromatic nitrogens is 3. The van der Waals surface area contributed by atoms with Crippen molar-refractivity contribution in [1.82, 2.24) is 19.7 Å². The Kier molecular flexibility index (Phi) is 5.40. The van der Waals surface area contributed by atoms with E-state index >= 15 is 0 Å². The first-order valence-electron chi connectivity index (χ1n) is 8.26. The van der Waals surface area contributed by atoms with E-state index in [0.29, 0.717) is 29.0 Å². The van der Waals surface area contributed by atoms with Crippen molar-refractivity contribution in [2.45, 2.75) is 37.8 Å². The highest BCUT2D eigenvalue weighted by atomic mass is 32.2. The van der Waals surface area contributed by atoms with E-state index in [1.807, 2.05) is 35.6 Å². The van der Waals surface area contributed by atoms with Crippen LogP contribution in [0.2, 0.25) is 0 Å². The van der Waals surface area contributed by atoms with Crippen molar-refractivity contribution >= 4 is 17.7 Å². The van der Waals surface area contributed by atoms with Crippen molar-refractivity contribution in [2.75, 3.05) is 12.3 Å². The quantitative estimate of drug-likeness (QED) is 0.749. The molecule has 0 radical (unpaired) electrons. The second kappa shape index (κ2) is 7.70. The Morgan fingerprint density at radius 3 is 2.96 bits per heavy atom. The number of nitrogens with zero attached hydrogens (tertiary/aromatic N) is 4. The second-order valence-electron chi connectivity index (χ2n) is 5.71. The normalized spacial score (nSPS) is 14.5. The van der Waals surface area contributed by atoms with Crippen LogP contribution in [-0.2, 0) is 11.8 Å². The number of allylic oxidation sites excluding steroid dienone is 2. The Hall–Kier alpha value is -2.02. The minimum atomic E-state index is 0.123. The molecule has 1 aliphatic carbocycles. The Labute approximate surface area is 145 Å². The molecule has 0 N–H and O–H groups in total. The van der Waals surface area contributed by atoms with Crippen LogP contribution in [0.5, 0.6) is 0 Å². The number of carbonyl (C=O) groups is 1. The highest BCUT2D eigenvalue weighted by Crippen LogP contribution is 2.25. The summed E-state index contributed by atoms with van der Waals surface area (Å²) in [5.74, 6) is 1.82. The van der Waals surface area contributed by atoms with E-state index in [9.17, 15) is 4.79 Å². The summed E-state index contributed by atoms with van der Waals surface area (Å²) in [6.07, 6.45) is 8.26. The molecule has 2 heterocycles. The lowest BCUT2D eigenvalue weighted by molar-refractivity contribution is -0.126. The third-order valence-corrected chi connectivity index (χ3v) is 5.14. The average Bonchev–Trinajstić information content (AvgIpc) is 3.24. The molecule has 2 aromatic heterocycles. The molecular formula is C17H22N4O2S. The predicted molar refractivity (Wildman–Crippen MR) is 93.4 cm³/mol. The molecule has 0 aromatic carbocycles. The molecule has 0 saturated carbocycles.